The van der Waals surface area contributed by atoms with E-state index < -0.39 is 0 Å². The van der Waals surface area contributed by atoms with Gasteiger partial charge in [0, 0.05) is 4.88 Å². The van der Waals surface area contributed by atoms with Crippen LogP contribution in [0, 0.1) is 5.82 Å². The number of aryl methyl sites for hydroxylation is 2. The maximum Gasteiger partial charge on any atom is 0.281 e. The number of fused-ring (bicyclic) bond motifs is 1. The average Bonchev–Trinajstić information content (AvgIpc) is 2.78. The molecule has 1 aliphatic carbocycles. The molecule has 1 aromatic carbocycles. The maximum atomic E-state index is 13.0. The van der Waals surface area contributed by atoms with E-state index in [1.54, 1.807) is 23.5 Å². The van der Waals surface area contributed by atoms with Crippen LogP contribution in [0.3, 0.4) is 0 Å². The zero-order chi connectivity index (χ0) is 15.4. The summed E-state index contributed by atoms with van der Waals surface area (Å²) in [7, 11) is 0. The lowest BCUT2D eigenvalue weighted by Crippen LogP contribution is -2.16. The highest BCUT2D eigenvalue weighted by Gasteiger charge is 2.15. The van der Waals surface area contributed by atoms with Gasteiger partial charge in [0.1, 0.15) is 5.82 Å². The zero-order valence-corrected chi connectivity index (χ0v) is 13.0. The van der Waals surface area contributed by atoms with Crippen molar-refractivity contribution in [1.29, 1.82) is 0 Å². The van der Waals surface area contributed by atoms with Gasteiger partial charge in [-0.25, -0.2) is 9.82 Å². The Kier molecular flexibility index (Phi) is 4.63. The third-order valence-electron chi connectivity index (χ3n) is 3.70. The van der Waals surface area contributed by atoms with Gasteiger partial charge >= 0.3 is 0 Å². The van der Waals surface area contributed by atoms with Gasteiger partial charge in [0.2, 0.25) is 0 Å². The molecule has 0 saturated heterocycles. The predicted octanol–water partition coefficient (Wildman–Crippen LogP) is 3.92. The van der Waals surface area contributed by atoms with Crippen LogP contribution >= 0.6 is 11.3 Å². The molecule has 0 aliphatic heterocycles. The van der Waals surface area contributed by atoms with E-state index in [1.165, 1.54) is 48.1 Å². The van der Waals surface area contributed by atoms with Crippen LogP contribution in [0.25, 0.3) is 0 Å². The third kappa shape index (κ3) is 3.60. The van der Waals surface area contributed by atoms with Gasteiger partial charge in [-0.2, -0.15) is 5.10 Å². The maximum absolute atomic E-state index is 13.0. The second-order valence-corrected chi connectivity index (χ2v) is 6.51. The Morgan fingerprint density at radius 3 is 2.95 bits per heavy atom. The van der Waals surface area contributed by atoms with Gasteiger partial charge in [0.15, 0.2) is 0 Å². The van der Waals surface area contributed by atoms with Gasteiger partial charge in [-0.1, -0.05) is 18.6 Å². The van der Waals surface area contributed by atoms with Crippen LogP contribution in [-0.2, 0) is 12.8 Å². The van der Waals surface area contributed by atoms with E-state index >= 15 is 0 Å². The molecular weight excluding hydrogens is 299 g/mol. The van der Waals surface area contributed by atoms with Gasteiger partial charge in [-0.05, 0) is 55.0 Å². The lowest BCUT2D eigenvalue weighted by Gasteiger charge is -1.97. The van der Waals surface area contributed by atoms with E-state index in [0.717, 1.165) is 12.8 Å². The molecule has 1 aromatic heterocycles. The van der Waals surface area contributed by atoms with Crippen molar-refractivity contribution in [3.63, 3.8) is 0 Å². The fourth-order valence-corrected chi connectivity index (χ4v) is 3.73. The number of halogens is 1. The molecule has 1 aliphatic rings. The third-order valence-corrected chi connectivity index (χ3v) is 4.93. The van der Waals surface area contributed by atoms with Crippen molar-refractivity contribution in [3.05, 3.63) is 57.0 Å². The second kappa shape index (κ2) is 6.83. The lowest BCUT2D eigenvalue weighted by atomic mass is 10.1. The van der Waals surface area contributed by atoms with Crippen molar-refractivity contribution in [1.82, 2.24) is 5.43 Å². The standard InChI is InChI=1S/C17H17FN2OS/c18-14-7-4-5-12(9-14)11-19-20-17(21)16-10-13-6-2-1-3-8-15(13)22-16/h4-5,7,9-11H,1-3,6,8H2,(H,20,21)/b19-11-. The normalized spacial score (nSPS) is 14.6. The Morgan fingerprint density at radius 1 is 1.23 bits per heavy atom. The Morgan fingerprint density at radius 2 is 2.09 bits per heavy atom. The molecule has 5 heteroatoms. The van der Waals surface area contributed by atoms with Crippen LogP contribution in [-0.4, -0.2) is 12.1 Å². The minimum Gasteiger partial charge on any atom is -0.266 e. The first-order valence-electron chi connectivity index (χ1n) is 7.43. The first-order valence-corrected chi connectivity index (χ1v) is 8.24. The molecule has 3 rings (SSSR count). The highest BCUT2D eigenvalue weighted by Crippen LogP contribution is 2.28. The van der Waals surface area contributed by atoms with E-state index in [4.69, 9.17) is 0 Å². The van der Waals surface area contributed by atoms with Crippen LogP contribution < -0.4 is 5.43 Å². The van der Waals surface area contributed by atoms with E-state index in [1.807, 2.05) is 6.07 Å². The van der Waals surface area contributed by atoms with Crippen molar-refractivity contribution in [3.8, 4) is 0 Å². The highest BCUT2D eigenvalue weighted by molar-refractivity contribution is 7.14. The summed E-state index contributed by atoms with van der Waals surface area (Å²) in [6, 6.07) is 8.05. The summed E-state index contributed by atoms with van der Waals surface area (Å²) >= 11 is 1.56. The molecule has 0 spiro atoms. The summed E-state index contributed by atoms with van der Waals surface area (Å²) in [5, 5.41) is 3.90. The Bertz CT molecular complexity index is 685. The quantitative estimate of drug-likeness (QED) is 0.520. The SMILES string of the molecule is O=C(N/N=C\c1cccc(F)c1)c1cc2c(s1)CCCCC2. The molecule has 1 N–H and O–H groups in total. The molecule has 0 radical (unpaired) electrons. The largest absolute Gasteiger partial charge is 0.281 e. The molecule has 1 amide bonds. The van der Waals surface area contributed by atoms with Crippen molar-refractivity contribution in [2.24, 2.45) is 5.10 Å². The van der Waals surface area contributed by atoms with Crippen LogP contribution in [0.5, 0.6) is 0 Å². The highest BCUT2D eigenvalue weighted by atomic mass is 32.1. The number of amides is 1. The fourth-order valence-electron chi connectivity index (χ4n) is 2.59. The molecule has 3 nitrogen and oxygen atoms in total. The van der Waals surface area contributed by atoms with E-state index in [9.17, 15) is 9.18 Å². The van der Waals surface area contributed by atoms with E-state index in [0.29, 0.717) is 10.4 Å². The number of rotatable bonds is 3. The number of hydrazone groups is 1. The Balaban J connectivity index is 1.65. The minimum absolute atomic E-state index is 0.203. The van der Waals surface area contributed by atoms with E-state index in [2.05, 4.69) is 10.5 Å². The van der Waals surface area contributed by atoms with Gasteiger partial charge in [0.25, 0.3) is 5.91 Å². The average molecular weight is 316 g/mol. The number of nitrogens with zero attached hydrogens (tertiary/aromatic N) is 1. The summed E-state index contributed by atoms with van der Waals surface area (Å²) < 4.78 is 13.0. The van der Waals surface area contributed by atoms with Gasteiger partial charge in [0.05, 0.1) is 11.1 Å². The molecule has 0 atom stereocenters. The fraction of sp³-hybridized carbons (Fsp3) is 0.294. The molecular formula is C17H17FN2OS. The molecule has 114 valence electrons. The number of carbonyl (C=O) groups is 1. The van der Waals surface area contributed by atoms with Gasteiger partial charge < -0.3 is 0 Å². The molecule has 0 bridgehead atoms. The van der Waals surface area contributed by atoms with Crippen LogP contribution in [0.15, 0.2) is 35.4 Å². The molecule has 1 heterocycles. The van der Waals surface area contributed by atoms with Crippen LogP contribution in [0.1, 0.15) is 44.9 Å². The number of hydrogen-bond acceptors (Lipinski definition) is 3. The molecule has 0 fully saturated rings. The van der Waals surface area contributed by atoms with Crippen molar-refractivity contribution < 1.29 is 9.18 Å². The molecule has 2 aromatic rings. The van der Waals surface area contributed by atoms with Gasteiger partial charge in [-0.3, -0.25) is 4.79 Å². The zero-order valence-electron chi connectivity index (χ0n) is 12.1. The summed E-state index contributed by atoms with van der Waals surface area (Å²) in [5.41, 5.74) is 4.43. The first-order chi connectivity index (χ1) is 10.7. The number of carbonyl (C=O) groups excluding carboxylic acids is 1. The smallest absolute Gasteiger partial charge is 0.266 e. The van der Waals surface area contributed by atoms with Crippen molar-refractivity contribution in [2.75, 3.05) is 0 Å². The minimum atomic E-state index is -0.322. The first kappa shape index (κ1) is 14.9. The number of thiophene rings is 1. The van der Waals surface area contributed by atoms with E-state index in [-0.39, 0.29) is 11.7 Å². The summed E-state index contributed by atoms with van der Waals surface area (Å²) in [6.07, 6.45) is 7.24. The summed E-state index contributed by atoms with van der Waals surface area (Å²) in [5.74, 6) is -0.525. The predicted molar refractivity (Wildman–Crippen MR) is 87.0 cm³/mol. The Labute approximate surface area is 132 Å². The second-order valence-electron chi connectivity index (χ2n) is 5.37. The summed E-state index contributed by atoms with van der Waals surface area (Å²) in [6.45, 7) is 0. The van der Waals surface area contributed by atoms with Gasteiger partial charge in [-0.15, -0.1) is 11.3 Å². The van der Waals surface area contributed by atoms with Crippen LogP contribution in [0.4, 0.5) is 4.39 Å². The monoisotopic (exact) mass is 316 g/mol. The van der Waals surface area contributed by atoms with Crippen LogP contribution in [0.2, 0.25) is 0 Å². The number of nitrogens with one attached hydrogen (secondary N) is 1. The molecule has 0 unspecified atom stereocenters. The Hall–Kier alpha value is -2.01. The number of hydrogen-bond donors (Lipinski definition) is 1. The molecule has 0 saturated carbocycles. The topological polar surface area (TPSA) is 41.5 Å². The number of benzene rings is 1. The van der Waals surface area contributed by atoms with Crippen molar-refractivity contribution in [2.45, 2.75) is 32.1 Å². The lowest BCUT2D eigenvalue weighted by molar-refractivity contribution is 0.0959. The van der Waals surface area contributed by atoms with Crippen molar-refractivity contribution >= 4 is 23.5 Å². The molecule has 22 heavy (non-hydrogen) atoms. The summed E-state index contributed by atoms with van der Waals surface area (Å²) in [4.78, 5) is 14.1.